The number of rotatable bonds is 1. The van der Waals surface area contributed by atoms with Gasteiger partial charge in [-0.2, -0.15) is 0 Å². The number of pyridine rings is 1. The van der Waals surface area contributed by atoms with Crippen molar-refractivity contribution in [1.29, 1.82) is 0 Å². The topological polar surface area (TPSA) is 38.7 Å². The first-order valence-corrected chi connectivity index (χ1v) is 4.33. The zero-order valence-electron chi connectivity index (χ0n) is 7.73. The van der Waals surface area contributed by atoms with Crippen LogP contribution in [0.5, 0.6) is 0 Å². The Kier molecular flexibility index (Phi) is 1.93. The Morgan fingerprint density at radius 3 is 2.85 bits per heavy atom. The number of hydrogen-bond donors (Lipinski definition) is 0. The standard InChI is InChI=1S/C10H11N3/c1-7(2)8-3-4-12-10-9(8)5-11-6-13-10/h3-7H,1-2H3. The molecule has 0 N–H and O–H groups in total. The van der Waals surface area contributed by atoms with Gasteiger partial charge in [-0.1, -0.05) is 13.8 Å². The molecule has 0 radical (unpaired) electrons. The summed E-state index contributed by atoms with van der Waals surface area (Å²) in [5, 5.41) is 1.06. The summed E-state index contributed by atoms with van der Waals surface area (Å²) < 4.78 is 0. The van der Waals surface area contributed by atoms with Crippen LogP contribution in [0.3, 0.4) is 0 Å². The Labute approximate surface area is 76.9 Å². The third-order valence-corrected chi connectivity index (χ3v) is 2.08. The lowest BCUT2D eigenvalue weighted by molar-refractivity contribution is 0.872. The zero-order valence-corrected chi connectivity index (χ0v) is 7.73. The Bertz CT molecular complexity index is 418. The summed E-state index contributed by atoms with van der Waals surface area (Å²) in [4.78, 5) is 12.3. The summed E-state index contributed by atoms with van der Waals surface area (Å²) in [6.45, 7) is 4.31. The van der Waals surface area contributed by atoms with E-state index in [1.54, 1.807) is 6.20 Å². The number of nitrogens with zero attached hydrogens (tertiary/aromatic N) is 3. The predicted molar refractivity (Wildman–Crippen MR) is 51.4 cm³/mol. The second-order valence-electron chi connectivity index (χ2n) is 3.31. The van der Waals surface area contributed by atoms with Gasteiger partial charge in [0, 0.05) is 17.8 Å². The maximum atomic E-state index is 4.17. The van der Waals surface area contributed by atoms with Crippen LogP contribution in [-0.2, 0) is 0 Å². The average Bonchev–Trinajstić information content (AvgIpc) is 2.17. The molecule has 0 amide bonds. The van der Waals surface area contributed by atoms with Crippen molar-refractivity contribution in [2.45, 2.75) is 19.8 Å². The zero-order chi connectivity index (χ0) is 9.26. The first-order chi connectivity index (χ1) is 6.29. The Hall–Kier alpha value is -1.51. The summed E-state index contributed by atoms with van der Waals surface area (Å²) >= 11 is 0. The molecule has 0 aliphatic carbocycles. The Morgan fingerprint density at radius 2 is 2.08 bits per heavy atom. The molecule has 0 bridgehead atoms. The van der Waals surface area contributed by atoms with Crippen molar-refractivity contribution in [3.05, 3.63) is 30.4 Å². The molecule has 0 aromatic carbocycles. The molecule has 0 saturated heterocycles. The molecule has 0 fully saturated rings. The van der Waals surface area contributed by atoms with Gasteiger partial charge in [-0.3, -0.25) is 0 Å². The summed E-state index contributed by atoms with van der Waals surface area (Å²) in [5.41, 5.74) is 2.03. The van der Waals surface area contributed by atoms with Gasteiger partial charge in [0.25, 0.3) is 0 Å². The van der Waals surface area contributed by atoms with E-state index >= 15 is 0 Å². The molecular weight excluding hydrogens is 162 g/mol. The van der Waals surface area contributed by atoms with Crippen LogP contribution >= 0.6 is 0 Å². The molecule has 2 aromatic heterocycles. The van der Waals surface area contributed by atoms with Crippen molar-refractivity contribution in [3.63, 3.8) is 0 Å². The normalized spacial score (nSPS) is 11.0. The Morgan fingerprint density at radius 1 is 1.23 bits per heavy atom. The molecule has 2 heterocycles. The van der Waals surface area contributed by atoms with Crippen molar-refractivity contribution < 1.29 is 0 Å². The van der Waals surface area contributed by atoms with Gasteiger partial charge < -0.3 is 0 Å². The van der Waals surface area contributed by atoms with Gasteiger partial charge >= 0.3 is 0 Å². The van der Waals surface area contributed by atoms with Crippen LogP contribution in [-0.4, -0.2) is 15.0 Å². The van der Waals surface area contributed by atoms with E-state index in [0.29, 0.717) is 5.92 Å². The van der Waals surface area contributed by atoms with Crippen molar-refractivity contribution in [2.75, 3.05) is 0 Å². The van der Waals surface area contributed by atoms with Gasteiger partial charge in [-0.15, -0.1) is 0 Å². The maximum Gasteiger partial charge on any atom is 0.162 e. The van der Waals surface area contributed by atoms with E-state index in [0.717, 1.165) is 11.0 Å². The molecule has 13 heavy (non-hydrogen) atoms. The smallest absolute Gasteiger partial charge is 0.162 e. The van der Waals surface area contributed by atoms with Crippen LogP contribution in [0, 0.1) is 0 Å². The Balaban J connectivity index is 2.76. The number of aromatic nitrogens is 3. The van der Waals surface area contributed by atoms with Crippen molar-refractivity contribution in [3.8, 4) is 0 Å². The van der Waals surface area contributed by atoms with Gasteiger partial charge in [0.2, 0.25) is 0 Å². The van der Waals surface area contributed by atoms with Crippen LogP contribution in [0.4, 0.5) is 0 Å². The lowest BCUT2D eigenvalue weighted by Crippen LogP contribution is -1.93. The molecule has 0 saturated carbocycles. The van der Waals surface area contributed by atoms with Gasteiger partial charge in [0.1, 0.15) is 6.33 Å². The van der Waals surface area contributed by atoms with Crippen LogP contribution in [0.25, 0.3) is 11.0 Å². The summed E-state index contributed by atoms with van der Waals surface area (Å²) in [5.74, 6) is 0.483. The second kappa shape index (κ2) is 3.09. The van der Waals surface area contributed by atoms with E-state index in [1.165, 1.54) is 11.9 Å². The number of fused-ring (bicyclic) bond motifs is 1. The monoisotopic (exact) mass is 173 g/mol. The van der Waals surface area contributed by atoms with Crippen molar-refractivity contribution in [1.82, 2.24) is 15.0 Å². The fourth-order valence-electron chi connectivity index (χ4n) is 1.41. The molecule has 3 heteroatoms. The van der Waals surface area contributed by atoms with Crippen LogP contribution in [0.2, 0.25) is 0 Å². The minimum atomic E-state index is 0.483. The lowest BCUT2D eigenvalue weighted by Gasteiger charge is -2.06. The highest BCUT2D eigenvalue weighted by atomic mass is 14.9. The summed E-state index contributed by atoms with van der Waals surface area (Å²) in [7, 11) is 0. The molecule has 0 atom stereocenters. The third kappa shape index (κ3) is 1.37. The SMILES string of the molecule is CC(C)c1ccnc2ncncc12. The molecule has 0 spiro atoms. The predicted octanol–water partition coefficient (Wildman–Crippen LogP) is 2.15. The molecule has 0 aliphatic rings. The van der Waals surface area contributed by atoms with Crippen LogP contribution in [0.15, 0.2) is 24.8 Å². The first kappa shape index (κ1) is 8.10. The second-order valence-corrected chi connectivity index (χ2v) is 3.31. The molecule has 2 aromatic rings. The minimum absolute atomic E-state index is 0.483. The minimum Gasteiger partial charge on any atom is -0.244 e. The summed E-state index contributed by atoms with van der Waals surface area (Å²) in [6.07, 6.45) is 5.15. The summed E-state index contributed by atoms with van der Waals surface area (Å²) in [6, 6.07) is 2.02. The fourth-order valence-corrected chi connectivity index (χ4v) is 1.41. The van der Waals surface area contributed by atoms with E-state index < -0.39 is 0 Å². The van der Waals surface area contributed by atoms with Crippen molar-refractivity contribution >= 4 is 11.0 Å². The van der Waals surface area contributed by atoms with Crippen LogP contribution < -0.4 is 0 Å². The van der Waals surface area contributed by atoms with E-state index in [9.17, 15) is 0 Å². The van der Waals surface area contributed by atoms with E-state index in [-0.39, 0.29) is 0 Å². The number of hydrogen-bond acceptors (Lipinski definition) is 3. The highest BCUT2D eigenvalue weighted by molar-refractivity contribution is 5.77. The van der Waals surface area contributed by atoms with Gasteiger partial charge in [-0.25, -0.2) is 15.0 Å². The van der Waals surface area contributed by atoms with Gasteiger partial charge in [0.15, 0.2) is 5.65 Å². The van der Waals surface area contributed by atoms with Gasteiger partial charge in [-0.05, 0) is 17.5 Å². The highest BCUT2D eigenvalue weighted by Crippen LogP contribution is 2.21. The van der Waals surface area contributed by atoms with E-state index in [1.807, 2.05) is 12.3 Å². The molecular formula is C10H11N3. The molecule has 66 valence electrons. The lowest BCUT2D eigenvalue weighted by atomic mass is 10.0. The fraction of sp³-hybridized carbons (Fsp3) is 0.300. The largest absolute Gasteiger partial charge is 0.244 e. The third-order valence-electron chi connectivity index (χ3n) is 2.08. The van der Waals surface area contributed by atoms with E-state index in [2.05, 4.69) is 28.8 Å². The molecule has 2 rings (SSSR count). The van der Waals surface area contributed by atoms with E-state index in [4.69, 9.17) is 0 Å². The van der Waals surface area contributed by atoms with Gasteiger partial charge in [0.05, 0.1) is 0 Å². The molecule has 0 unspecified atom stereocenters. The molecule has 3 nitrogen and oxygen atoms in total. The van der Waals surface area contributed by atoms with Crippen molar-refractivity contribution in [2.24, 2.45) is 0 Å². The highest BCUT2D eigenvalue weighted by Gasteiger charge is 2.05. The molecule has 0 aliphatic heterocycles. The van der Waals surface area contributed by atoms with Crippen LogP contribution in [0.1, 0.15) is 25.3 Å². The first-order valence-electron chi connectivity index (χ1n) is 4.33. The average molecular weight is 173 g/mol. The maximum absolute atomic E-state index is 4.17. The quantitative estimate of drug-likeness (QED) is 0.663.